The molecule has 0 saturated heterocycles. The Kier molecular flexibility index (Phi) is 7.78. The summed E-state index contributed by atoms with van der Waals surface area (Å²) in [6, 6.07) is 12.4. The Morgan fingerprint density at radius 1 is 1.07 bits per heavy atom. The van der Waals surface area contributed by atoms with E-state index in [0.29, 0.717) is 11.3 Å². The van der Waals surface area contributed by atoms with Gasteiger partial charge in [-0.15, -0.1) is 0 Å². The van der Waals surface area contributed by atoms with Crippen LogP contribution >= 0.6 is 47.0 Å². The van der Waals surface area contributed by atoms with Crippen LogP contribution in [0.3, 0.4) is 0 Å². The molecule has 1 unspecified atom stereocenters. The number of carbonyl (C=O) groups excluding carboxylic acids is 1. The molecular formula is C19H20Cl3N3O2S. The Morgan fingerprint density at radius 3 is 2.39 bits per heavy atom. The zero-order valence-electron chi connectivity index (χ0n) is 15.5. The first kappa shape index (κ1) is 22.6. The van der Waals surface area contributed by atoms with Gasteiger partial charge in [-0.3, -0.25) is 4.79 Å². The van der Waals surface area contributed by atoms with Gasteiger partial charge in [-0.2, -0.15) is 0 Å². The summed E-state index contributed by atoms with van der Waals surface area (Å²) >= 11 is 23.4. The molecule has 5 nitrogen and oxygen atoms in total. The van der Waals surface area contributed by atoms with E-state index in [-0.39, 0.29) is 5.11 Å². The van der Waals surface area contributed by atoms with Gasteiger partial charge in [0.2, 0.25) is 3.79 Å². The standard InChI is InChI=1S/C19H20Cl3N3O2S/c1-11-7-8-14(9-12(11)2)23-18(28)25-17(19(20,21)22)24-16(26)13-5-4-6-15(10-13)27-3/h4-10,17H,1-3H3,(H,24,26)(H2,23,25,28). The number of hydrogen-bond acceptors (Lipinski definition) is 3. The quantitative estimate of drug-likeness (QED) is 0.342. The number of anilines is 1. The first-order valence-corrected chi connectivity index (χ1v) is 9.81. The van der Waals surface area contributed by atoms with Gasteiger partial charge >= 0.3 is 0 Å². The maximum atomic E-state index is 12.5. The Hall–Kier alpha value is -1.73. The van der Waals surface area contributed by atoms with Crippen molar-refractivity contribution in [2.24, 2.45) is 0 Å². The van der Waals surface area contributed by atoms with Crippen LogP contribution in [-0.4, -0.2) is 28.1 Å². The van der Waals surface area contributed by atoms with Gasteiger partial charge in [0.15, 0.2) is 5.11 Å². The monoisotopic (exact) mass is 459 g/mol. The predicted molar refractivity (Wildman–Crippen MR) is 120 cm³/mol. The molecule has 28 heavy (non-hydrogen) atoms. The van der Waals surface area contributed by atoms with Crippen molar-refractivity contribution in [3.8, 4) is 5.75 Å². The van der Waals surface area contributed by atoms with Crippen molar-refractivity contribution in [2.45, 2.75) is 23.8 Å². The summed E-state index contributed by atoms with van der Waals surface area (Å²) < 4.78 is 3.28. The number of amides is 1. The molecule has 0 aromatic heterocycles. The van der Waals surface area contributed by atoms with Crippen LogP contribution in [0.2, 0.25) is 0 Å². The highest BCUT2D eigenvalue weighted by Gasteiger charge is 2.35. The number of ether oxygens (including phenoxy) is 1. The molecule has 0 aliphatic carbocycles. The molecule has 150 valence electrons. The third-order valence-corrected chi connectivity index (χ3v) is 4.85. The first-order chi connectivity index (χ1) is 13.1. The van der Waals surface area contributed by atoms with E-state index < -0.39 is 15.9 Å². The highest BCUT2D eigenvalue weighted by Crippen LogP contribution is 2.29. The van der Waals surface area contributed by atoms with E-state index in [4.69, 9.17) is 51.8 Å². The van der Waals surface area contributed by atoms with Crippen molar-refractivity contribution in [1.82, 2.24) is 10.6 Å². The van der Waals surface area contributed by atoms with E-state index in [2.05, 4.69) is 16.0 Å². The summed E-state index contributed by atoms with van der Waals surface area (Å²) in [5.41, 5.74) is 3.41. The number of alkyl halides is 3. The number of halogens is 3. The van der Waals surface area contributed by atoms with Crippen LogP contribution in [0.15, 0.2) is 42.5 Å². The van der Waals surface area contributed by atoms with Crippen LogP contribution in [0.4, 0.5) is 5.69 Å². The lowest BCUT2D eigenvalue weighted by atomic mass is 10.1. The van der Waals surface area contributed by atoms with E-state index in [1.165, 1.54) is 7.11 Å². The molecule has 0 radical (unpaired) electrons. The van der Waals surface area contributed by atoms with Crippen LogP contribution in [-0.2, 0) is 0 Å². The number of aryl methyl sites for hydroxylation is 2. The van der Waals surface area contributed by atoms with E-state index in [0.717, 1.165) is 16.8 Å². The second-order valence-electron chi connectivity index (χ2n) is 6.08. The van der Waals surface area contributed by atoms with Crippen molar-refractivity contribution in [1.29, 1.82) is 0 Å². The molecule has 2 aromatic rings. The van der Waals surface area contributed by atoms with Crippen molar-refractivity contribution in [2.75, 3.05) is 12.4 Å². The van der Waals surface area contributed by atoms with Gasteiger partial charge in [0, 0.05) is 11.3 Å². The number of benzene rings is 2. The van der Waals surface area contributed by atoms with E-state index >= 15 is 0 Å². The average molecular weight is 461 g/mol. The third kappa shape index (κ3) is 6.41. The van der Waals surface area contributed by atoms with Crippen molar-refractivity contribution >= 4 is 63.7 Å². The number of hydrogen-bond donors (Lipinski definition) is 3. The van der Waals surface area contributed by atoms with Crippen LogP contribution in [0.25, 0.3) is 0 Å². The number of methoxy groups -OCH3 is 1. The molecule has 0 spiro atoms. The second kappa shape index (κ2) is 9.65. The summed E-state index contributed by atoms with van der Waals surface area (Å²) in [5, 5.41) is 8.68. The molecule has 1 atom stereocenters. The lowest BCUT2D eigenvalue weighted by Crippen LogP contribution is -2.56. The molecule has 0 aliphatic heterocycles. The molecule has 0 heterocycles. The van der Waals surface area contributed by atoms with Gasteiger partial charge in [-0.25, -0.2) is 0 Å². The molecule has 0 saturated carbocycles. The topological polar surface area (TPSA) is 62.4 Å². The second-order valence-corrected chi connectivity index (χ2v) is 8.85. The molecule has 0 aliphatic rings. The Balaban J connectivity index is 2.09. The molecule has 0 bridgehead atoms. The minimum atomic E-state index is -1.84. The number of carbonyl (C=O) groups is 1. The zero-order chi connectivity index (χ0) is 20.9. The Labute approximate surface area is 184 Å². The smallest absolute Gasteiger partial charge is 0.253 e. The van der Waals surface area contributed by atoms with Crippen LogP contribution in [0.5, 0.6) is 5.75 Å². The number of thiocarbonyl (C=S) groups is 1. The molecule has 0 fully saturated rings. The molecule has 1 amide bonds. The normalized spacial score (nSPS) is 12.1. The minimum Gasteiger partial charge on any atom is -0.497 e. The summed E-state index contributed by atoms with van der Waals surface area (Å²) in [4.78, 5) is 12.5. The van der Waals surface area contributed by atoms with Crippen LogP contribution in [0.1, 0.15) is 21.5 Å². The molecule has 2 aromatic carbocycles. The van der Waals surface area contributed by atoms with Crippen molar-refractivity contribution < 1.29 is 9.53 Å². The van der Waals surface area contributed by atoms with E-state index in [9.17, 15) is 4.79 Å². The van der Waals surface area contributed by atoms with E-state index in [1.807, 2.05) is 32.0 Å². The summed E-state index contributed by atoms with van der Waals surface area (Å²) in [6.07, 6.45) is -1.07. The first-order valence-electron chi connectivity index (χ1n) is 8.26. The Morgan fingerprint density at radius 2 is 1.79 bits per heavy atom. The van der Waals surface area contributed by atoms with Crippen LogP contribution in [0, 0.1) is 13.8 Å². The fourth-order valence-electron chi connectivity index (χ4n) is 2.30. The number of nitrogens with one attached hydrogen (secondary N) is 3. The predicted octanol–water partition coefficient (Wildman–Crippen LogP) is 4.72. The molecule has 2 rings (SSSR count). The van der Waals surface area contributed by atoms with Crippen molar-refractivity contribution in [3.05, 3.63) is 59.2 Å². The van der Waals surface area contributed by atoms with Gasteiger partial charge in [-0.05, 0) is 67.5 Å². The highest BCUT2D eigenvalue weighted by atomic mass is 35.6. The highest BCUT2D eigenvalue weighted by molar-refractivity contribution is 7.80. The number of rotatable bonds is 5. The zero-order valence-corrected chi connectivity index (χ0v) is 18.6. The van der Waals surface area contributed by atoms with Gasteiger partial charge in [0.1, 0.15) is 11.9 Å². The van der Waals surface area contributed by atoms with Crippen molar-refractivity contribution in [3.63, 3.8) is 0 Å². The fraction of sp³-hybridized carbons (Fsp3) is 0.263. The van der Waals surface area contributed by atoms with Crippen LogP contribution < -0.4 is 20.7 Å². The average Bonchev–Trinajstić information content (AvgIpc) is 2.63. The summed E-state index contributed by atoms with van der Waals surface area (Å²) in [5.74, 6) is 0.0923. The Bertz CT molecular complexity index is 872. The van der Waals surface area contributed by atoms with Gasteiger partial charge < -0.3 is 20.7 Å². The molecular weight excluding hydrogens is 441 g/mol. The third-order valence-electron chi connectivity index (χ3n) is 3.97. The van der Waals surface area contributed by atoms with Gasteiger partial charge in [0.25, 0.3) is 5.91 Å². The summed E-state index contributed by atoms with van der Waals surface area (Å²) in [7, 11) is 1.51. The minimum absolute atomic E-state index is 0.200. The molecule has 9 heteroatoms. The van der Waals surface area contributed by atoms with E-state index in [1.54, 1.807) is 24.3 Å². The maximum absolute atomic E-state index is 12.5. The lowest BCUT2D eigenvalue weighted by Gasteiger charge is -2.28. The summed E-state index contributed by atoms with van der Waals surface area (Å²) in [6.45, 7) is 4.01. The fourth-order valence-corrected chi connectivity index (χ4v) is 2.86. The SMILES string of the molecule is COc1cccc(C(=O)NC(NC(=S)Nc2ccc(C)c(C)c2)C(Cl)(Cl)Cl)c1. The lowest BCUT2D eigenvalue weighted by molar-refractivity contribution is 0.0934. The maximum Gasteiger partial charge on any atom is 0.253 e. The largest absolute Gasteiger partial charge is 0.497 e. The van der Waals surface area contributed by atoms with Gasteiger partial charge in [-0.1, -0.05) is 46.9 Å². The molecule has 3 N–H and O–H groups in total. The van der Waals surface area contributed by atoms with Gasteiger partial charge in [0.05, 0.1) is 7.11 Å².